The van der Waals surface area contributed by atoms with E-state index >= 15 is 0 Å². The minimum atomic E-state index is -0.524. The Labute approximate surface area is 169 Å². The monoisotopic (exact) mass is 388 g/mol. The van der Waals surface area contributed by atoms with Crippen LogP contribution >= 0.6 is 0 Å². The van der Waals surface area contributed by atoms with Gasteiger partial charge in [0.15, 0.2) is 5.79 Å². The molecule has 4 nitrogen and oxygen atoms in total. The maximum atomic E-state index is 13.7. The first kappa shape index (κ1) is 19.2. The van der Waals surface area contributed by atoms with Crippen LogP contribution < -0.4 is 0 Å². The van der Waals surface area contributed by atoms with E-state index in [-0.39, 0.29) is 22.7 Å². The molecule has 4 heteroatoms. The van der Waals surface area contributed by atoms with E-state index in [2.05, 4.69) is 27.7 Å². The predicted octanol–water partition coefficient (Wildman–Crippen LogP) is 4.40. The fraction of sp³-hybridized carbons (Fsp3) is 0.917. The molecule has 0 aromatic carbocycles. The number of ether oxygens (including phenoxy) is 2. The molecule has 8 atom stereocenters. The summed E-state index contributed by atoms with van der Waals surface area (Å²) in [5, 5.41) is 0. The van der Waals surface area contributed by atoms with Crippen LogP contribution in [0.25, 0.3) is 0 Å². The highest BCUT2D eigenvalue weighted by Crippen LogP contribution is 2.68. The second kappa shape index (κ2) is 6.14. The molecule has 5 aliphatic rings. The van der Waals surface area contributed by atoms with Crippen molar-refractivity contribution in [3.63, 3.8) is 0 Å². The lowest BCUT2D eigenvalue weighted by molar-refractivity contribution is -0.216. The van der Waals surface area contributed by atoms with Gasteiger partial charge in [-0.3, -0.25) is 9.59 Å². The lowest BCUT2D eigenvalue weighted by Crippen LogP contribution is -2.59. The predicted molar refractivity (Wildman–Crippen MR) is 105 cm³/mol. The Morgan fingerprint density at radius 1 is 0.893 bits per heavy atom. The molecule has 0 radical (unpaired) electrons. The van der Waals surface area contributed by atoms with Crippen molar-refractivity contribution >= 4 is 11.6 Å². The van der Waals surface area contributed by atoms with Gasteiger partial charge in [0.25, 0.3) is 0 Å². The van der Waals surface area contributed by atoms with Crippen molar-refractivity contribution in [1.29, 1.82) is 0 Å². The van der Waals surface area contributed by atoms with Gasteiger partial charge in [0, 0.05) is 30.6 Å². The molecule has 1 heterocycles. The van der Waals surface area contributed by atoms with Crippen LogP contribution in [-0.2, 0) is 19.1 Å². The molecule has 5 fully saturated rings. The topological polar surface area (TPSA) is 52.6 Å². The van der Waals surface area contributed by atoms with E-state index in [0.717, 1.165) is 25.7 Å². The first-order valence-electron chi connectivity index (χ1n) is 11.5. The van der Waals surface area contributed by atoms with Crippen LogP contribution in [0.3, 0.4) is 0 Å². The number of ketones is 2. The van der Waals surface area contributed by atoms with Crippen molar-refractivity contribution in [1.82, 2.24) is 0 Å². The molecular weight excluding hydrogens is 352 g/mol. The molecule has 0 bridgehead atoms. The lowest BCUT2D eigenvalue weighted by atomic mass is 9.43. The first-order chi connectivity index (χ1) is 13.2. The van der Waals surface area contributed by atoms with Crippen LogP contribution in [0.5, 0.6) is 0 Å². The zero-order valence-corrected chi connectivity index (χ0v) is 18.0. The summed E-state index contributed by atoms with van der Waals surface area (Å²) in [6.07, 6.45) is 6.78. The molecule has 0 unspecified atom stereocenters. The van der Waals surface area contributed by atoms with E-state index in [9.17, 15) is 9.59 Å². The summed E-state index contributed by atoms with van der Waals surface area (Å²) < 4.78 is 12.1. The summed E-state index contributed by atoms with van der Waals surface area (Å²) in [6.45, 7) is 10.2. The van der Waals surface area contributed by atoms with Crippen molar-refractivity contribution < 1.29 is 19.1 Å². The maximum Gasteiger partial charge on any atom is 0.169 e. The molecular formula is C24H36O4. The summed E-state index contributed by atoms with van der Waals surface area (Å²) in [6, 6.07) is 0. The Kier molecular flexibility index (Phi) is 4.22. The van der Waals surface area contributed by atoms with E-state index < -0.39 is 5.79 Å². The largest absolute Gasteiger partial charge is 0.348 e. The van der Waals surface area contributed by atoms with Crippen LogP contribution in [-0.4, -0.2) is 30.6 Å². The van der Waals surface area contributed by atoms with Crippen LogP contribution in [0, 0.1) is 46.3 Å². The smallest absolute Gasteiger partial charge is 0.169 e. The minimum Gasteiger partial charge on any atom is -0.348 e. The fourth-order valence-corrected chi connectivity index (χ4v) is 8.82. The first-order valence-corrected chi connectivity index (χ1v) is 11.5. The number of carbonyl (C=O) groups excluding carboxylic acids is 2. The molecule has 0 aromatic heterocycles. The molecule has 1 aliphatic heterocycles. The normalized spacial score (nSPS) is 52.9. The van der Waals surface area contributed by atoms with E-state index in [0.29, 0.717) is 61.3 Å². The quantitative estimate of drug-likeness (QED) is 0.668. The van der Waals surface area contributed by atoms with Crippen molar-refractivity contribution in [2.45, 2.75) is 78.4 Å². The standard InChI is InChI=1S/C24H36O4/c1-14-12-22(2)15(11-18(14)25)5-6-16-17-7-8-20(24(4)27-9-10-28-24)23(17,3)13-19(26)21(16)22/h14-17,20-21H,5-13H2,1-4H3/t14-,15-,16-,17-,20-,21+,22-,23-/m0/s1. The summed E-state index contributed by atoms with van der Waals surface area (Å²) >= 11 is 0. The fourth-order valence-electron chi connectivity index (χ4n) is 8.82. The number of hydrogen-bond donors (Lipinski definition) is 0. The molecule has 156 valence electrons. The molecule has 4 saturated carbocycles. The Morgan fingerprint density at radius 3 is 2.32 bits per heavy atom. The highest BCUT2D eigenvalue weighted by molar-refractivity contribution is 5.86. The van der Waals surface area contributed by atoms with E-state index in [4.69, 9.17) is 9.47 Å². The number of carbonyl (C=O) groups is 2. The van der Waals surface area contributed by atoms with E-state index in [1.165, 1.54) is 6.42 Å². The second-order valence-corrected chi connectivity index (χ2v) is 11.3. The van der Waals surface area contributed by atoms with Crippen molar-refractivity contribution in [2.75, 3.05) is 13.2 Å². The van der Waals surface area contributed by atoms with Gasteiger partial charge >= 0.3 is 0 Å². The number of Topliss-reactive ketones (excluding diaryl/α,β-unsaturated/α-hetero) is 2. The van der Waals surface area contributed by atoms with E-state index in [1.54, 1.807) is 0 Å². The third-order valence-corrected chi connectivity index (χ3v) is 9.98. The van der Waals surface area contributed by atoms with Crippen LogP contribution in [0.4, 0.5) is 0 Å². The van der Waals surface area contributed by atoms with Gasteiger partial charge in [-0.1, -0.05) is 20.8 Å². The Morgan fingerprint density at radius 2 is 1.61 bits per heavy atom. The summed E-state index contributed by atoms with van der Waals surface area (Å²) in [5.74, 6) is 2.37. The SMILES string of the molecule is C[C@H]1C[C@@]2(C)[C@@H](CC[C@H]3[C@@H]4CC[C@H](C5(C)OCCO5)[C@@]4(C)CC(=O)[C@@H]32)CC1=O. The molecule has 0 aromatic rings. The van der Waals surface area contributed by atoms with Gasteiger partial charge in [0.1, 0.15) is 11.6 Å². The zero-order valence-electron chi connectivity index (χ0n) is 18.0. The molecule has 0 spiro atoms. The average molecular weight is 389 g/mol. The third-order valence-electron chi connectivity index (χ3n) is 9.98. The van der Waals surface area contributed by atoms with Gasteiger partial charge < -0.3 is 9.47 Å². The highest BCUT2D eigenvalue weighted by Gasteiger charge is 2.66. The Balaban J connectivity index is 1.48. The molecule has 5 rings (SSSR count). The zero-order chi connectivity index (χ0) is 19.9. The number of hydrogen-bond acceptors (Lipinski definition) is 4. The van der Waals surface area contributed by atoms with Crippen LogP contribution in [0.1, 0.15) is 72.6 Å². The average Bonchev–Trinajstić information content (AvgIpc) is 3.19. The van der Waals surface area contributed by atoms with Crippen molar-refractivity contribution in [2.24, 2.45) is 46.3 Å². The Hall–Kier alpha value is -0.740. The summed E-state index contributed by atoms with van der Waals surface area (Å²) in [5.41, 5.74) is -0.00631. The van der Waals surface area contributed by atoms with Gasteiger partial charge in [-0.15, -0.1) is 0 Å². The van der Waals surface area contributed by atoms with Crippen LogP contribution in [0.15, 0.2) is 0 Å². The van der Waals surface area contributed by atoms with Crippen LogP contribution in [0.2, 0.25) is 0 Å². The second-order valence-electron chi connectivity index (χ2n) is 11.3. The lowest BCUT2D eigenvalue weighted by Gasteiger charge is -2.60. The summed E-state index contributed by atoms with van der Waals surface area (Å²) in [4.78, 5) is 26.1. The highest BCUT2D eigenvalue weighted by atomic mass is 16.7. The minimum absolute atomic E-state index is 0.0109. The molecule has 4 aliphatic carbocycles. The number of fused-ring (bicyclic) bond motifs is 5. The molecule has 28 heavy (non-hydrogen) atoms. The van der Waals surface area contributed by atoms with Gasteiger partial charge in [0.2, 0.25) is 0 Å². The van der Waals surface area contributed by atoms with Gasteiger partial charge in [0.05, 0.1) is 13.2 Å². The molecule has 1 saturated heterocycles. The molecule has 0 amide bonds. The molecule has 0 N–H and O–H groups in total. The summed E-state index contributed by atoms with van der Waals surface area (Å²) in [7, 11) is 0. The Bertz CT molecular complexity index is 695. The van der Waals surface area contributed by atoms with Crippen molar-refractivity contribution in [3.05, 3.63) is 0 Å². The van der Waals surface area contributed by atoms with E-state index in [1.807, 2.05) is 0 Å². The van der Waals surface area contributed by atoms with Gasteiger partial charge in [-0.2, -0.15) is 0 Å². The van der Waals surface area contributed by atoms with Gasteiger partial charge in [-0.25, -0.2) is 0 Å². The van der Waals surface area contributed by atoms with Crippen molar-refractivity contribution in [3.8, 4) is 0 Å². The van der Waals surface area contributed by atoms with Gasteiger partial charge in [-0.05, 0) is 67.6 Å². The number of rotatable bonds is 1. The maximum absolute atomic E-state index is 13.7. The third kappa shape index (κ3) is 2.43.